The number of rotatable bonds is 1. The lowest BCUT2D eigenvalue weighted by Gasteiger charge is -2.09. The van der Waals surface area contributed by atoms with Crippen molar-refractivity contribution in [3.8, 4) is 5.69 Å². The van der Waals surface area contributed by atoms with Crippen LogP contribution in [0.3, 0.4) is 0 Å². The summed E-state index contributed by atoms with van der Waals surface area (Å²) in [4.78, 5) is 3.71. The predicted molar refractivity (Wildman–Crippen MR) is 137 cm³/mol. The van der Waals surface area contributed by atoms with E-state index >= 15 is 0 Å². The third-order valence-electron chi connectivity index (χ3n) is 6.94. The van der Waals surface area contributed by atoms with Gasteiger partial charge in [-0.1, -0.05) is 66.7 Å². The summed E-state index contributed by atoms with van der Waals surface area (Å²) in [5, 5.41) is 7.30. The molecule has 0 aliphatic rings. The Balaban J connectivity index is 1.61. The number of nitrogens with one attached hydrogen (secondary N) is 1. The fourth-order valence-electron chi connectivity index (χ4n) is 5.58. The van der Waals surface area contributed by atoms with Crippen molar-refractivity contribution in [2.24, 2.45) is 0 Å². The molecule has 8 aromatic rings. The van der Waals surface area contributed by atoms with E-state index in [1.54, 1.807) is 0 Å². The third kappa shape index (κ3) is 2.14. The lowest BCUT2D eigenvalue weighted by molar-refractivity contribution is 0.669. The SMILES string of the molecule is c1ccc2c(c1)[nH]c1c2ccc2c1c1ccccc1n2-c1cccc2oc3ccccc3c12. The van der Waals surface area contributed by atoms with E-state index in [-0.39, 0.29) is 0 Å². The van der Waals surface area contributed by atoms with E-state index in [0.29, 0.717) is 0 Å². The quantitative estimate of drug-likeness (QED) is 0.283. The maximum atomic E-state index is 6.21. The lowest BCUT2D eigenvalue weighted by Crippen LogP contribution is -1.94. The van der Waals surface area contributed by atoms with Crippen LogP contribution >= 0.6 is 0 Å². The smallest absolute Gasteiger partial charge is 0.137 e. The summed E-state index contributed by atoms with van der Waals surface area (Å²) in [6.07, 6.45) is 0. The molecular weight excluding hydrogens is 404 g/mol. The van der Waals surface area contributed by atoms with Crippen LogP contribution in [0.2, 0.25) is 0 Å². The number of aromatic nitrogens is 2. The van der Waals surface area contributed by atoms with Crippen molar-refractivity contribution in [1.29, 1.82) is 0 Å². The number of benzene rings is 5. The third-order valence-corrected chi connectivity index (χ3v) is 6.94. The zero-order valence-corrected chi connectivity index (χ0v) is 17.7. The Bertz CT molecular complexity index is 2030. The van der Waals surface area contributed by atoms with Gasteiger partial charge in [0.2, 0.25) is 0 Å². The molecular formula is C30H18N2O. The number of hydrogen-bond acceptors (Lipinski definition) is 1. The van der Waals surface area contributed by atoms with Crippen molar-refractivity contribution in [1.82, 2.24) is 9.55 Å². The number of nitrogens with zero attached hydrogens (tertiary/aromatic N) is 1. The average molecular weight is 422 g/mol. The first kappa shape index (κ1) is 17.1. The highest BCUT2D eigenvalue weighted by atomic mass is 16.3. The molecule has 3 heteroatoms. The summed E-state index contributed by atoms with van der Waals surface area (Å²) in [7, 11) is 0. The van der Waals surface area contributed by atoms with Gasteiger partial charge in [0.05, 0.1) is 27.6 Å². The molecule has 0 saturated carbocycles. The number of aromatic amines is 1. The molecule has 3 aromatic heterocycles. The van der Waals surface area contributed by atoms with Gasteiger partial charge in [-0.25, -0.2) is 0 Å². The maximum absolute atomic E-state index is 6.21. The topological polar surface area (TPSA) is 33.9 Å². The minimum atomic E-state index is 0.909. The van der Waals surface area contributed by atoms with Gasteiger partial charge in [0.25, 0.3) is 0 Å². The van der Waals surface area contributed by atoms with E-state index in [9.17, 15) is 0 Å². The standard InChI is InChI=1S/C30H18N2O/c1-4-11-22-18(8-1)19-16-17-25-29(30(19)31-22)20-9-2-5-12-23(20)32(25)24-13-7-15-27-28(24)21-10-3-6-14-26(21)33-27/h1-17,31H. The van der Waals surface area contributed by atoms with E-state index in [2.05, 4.69) is 101 Å². The van der Waals surface area contributed by atoms with Gasteiger partial charge in [0.1, 0.15) is 11.2 Å². The fourth-order valence-corrected chi connectivity index (χ4v) is 5.58. The summed E-state index contributed by atoms with van der Waals surface area (Å²) in [6, 6.07) is 36.4. The van der Waals surface area contributed by atoms with E-state index in [1.807, 2.05) is 12.1 Å². The average Bonchev–Trinajstić information content (AvgIpc) is 3.53. The van der Waals surface area contributed by atoms with Crippen LogP contribution in [0.25, 0.3) is 71.2 Å². The van der Waals surface area contributed by atoms with Crippen LogP contribution in [-0.2, 0) is 0 Å². The first-order valence-electron chi connectivity index (χ1n) is 11.2. The Hall–Kier alpha value is -4.50. The van der Waals surface area contributed by atoms with Crippen molar-refractivity contribution in [2.75, 3.05) is 0 Å². The molecule has 0 bridgehead atoms. The zero-order chi connectivity index (χ0) is 21.5. The highest BCUT2D eigenvalue weighted by Crippen LogP contribution is 2.41. The molecule has 0 aliphatic carbocycles. The number of hydrogen-bond donors (Lipinski definition) is 1. The van der Waals surface area contributed by atoms with Crippen LogP contribution < -0.4 is 0 Å². The van der Waals surface area contributed by atoms with Gasteiger partial charge in [-0.2, -0.15) is 0 Å². The van der Waals surface area contributed by atoms with Crippen LogP contribution in [0.1, 0.15) is 0 Å². The van der Waals surface area contributed by atoms with Gasteiger partial charge in [0.15, 0.2) is 0 Å². The van der Waals surface area contributed by atoms with Crippen molar-refractivity contribution in [2.45, 2.75) is 0 Å². The Kier molecular flexibility index (Phi) is 3.14. The first-order chi connectivity index (χ1) is 16.4. The van der Waals surface area contributed by atoms with Gasteiger partial charge in [0, 0.05) is 32.4 Å². The molecule has 5 aromatic carbocycles. The highest BCUT2D eigenvalue weighted by molar-refractivity contribution is 6.25. The van der Waals surface area contributed by atoms with Gasteiger partial charge in [-0.15, -0.1) is 0 Å². The molecule has 0 amide bonds. The van der Waals surface area contributed by atoms with Crippen LogP contribution in [0.4, 0.5) is 0 Å². The van der Waals surface area contributed by atoms with E-state index in [1.165, 1.54) is 43.6 Å². The van der Waals surface area contributed by atoms with E-state index in [4.69, 9.17) is 4.42 Å². The Morgan fingerprint density at radius 1 is 0.515 bits per heavy atom. The molecule has 8 rings (SSSR count). The predicted octanol–water partition coefficient (Wildman–Crippen LogP) is 8.32. The van der Waals surface area contributed by atoms with Crippen LogP contribution in [0, 0.1) is 0 Å². The largest absolute Gasteiger partial charge is 0.456 e. The van der Waals surface area contributed by atoms with Crippen LogP contribution in [0.15, 0.2) is 108 Å². The molecule has 3 heterocycles. The fraction of sp³-hybridized carbons (Fsp3) is 0. The normalized spacial score (nSPS) is 12.2. The molecule has 0 radical (unpaired) electrons. The lowest BCUT2D eigenvalue weighted by atomic mass is 10.1. The van der Waals surface area contributed by atoms with Gasteiger partial charge >= 0.3 is 0 Å². The molecule has 0 spiro atoms. The van der Waals surface area contributed by atoms with E-state index in [0.717, 1.165) is 27.6 Å². The highest BCUT2D eigenvalue weighted by Gasteiger charge is 2.19. The molecule has 0 atom stereocenters. The van der Waals surface area contributed by atoms with Crippen LogP contribution in [0.5, 0.6) is 0 Å². The second kappa shape index (κ2) is 6.05. The molecule has 33 heavy (non-hydrogen) atoms. The minimum Gasteiger partial charge on any atom is -0.456 e. The summed E-state index contributed by atoms with van der Waals surface area (Å²) in [5.74, 6) is 0. The Labute approximate surface area is 188 Å². The first-order valence-corrected chi connectivity index (χ1v) is 11.2. The van der Waals surface area contributed by atoms with Crippen molar-refractivity contribution in [3.05, 3.63) is 103 Å². The monoisotopic (exact) mass is 422 g/mol. The number of para-hydroxylation sites is 3. The molecule has 154 valence electrons. The van der Waals surface area contributed by atoms with Gasteiger partial charge in [-0.3, -0.25) is 0 Å². The van der Waals surface area contributed by atoms with Gasteiger partial charge in [-0.05, 0) is 36.4 Å². The minimum absolute atomic E-state index is 0.909. The van der Waals surface area contributed by atoms with Crippen molar-refractivity contribution < 1.29 is 4.42 Å². The van der Waals surface area contributed by atoms with Gasteiger partial charge < -0.3 is 14.0 Å². The molecule has 0 fully saturated rings. The summed E-state index contributed by atoms with van der Waals surface area (Å²) >= 11 is 0. The Morgan fingerprint density at radius 2 is 1.27 bits per heavy atom. The molecule has 3 nitrogen and oxygen atoms in total. The maximum Gasteiger partial charge on any atom is 0.137 e. The molecule has 0 unspecified atom stereocenters. The Morgan fingerprint density at radius 3 is 2.21 bits per heavy atom. The molecule has 0 saturated heterocycles. The van der Waals surface area contributed by atoms with Crippen LogP contribution in [-0.4, -0.2) is 9.55 Å². The molecule has 1 N–H and O–H groups in total. The van der Waals surface area contributed by atoms with Crippen molar-refractivity contribution in [3.63, 3.8) is 0 Å². The van der Waals surface area contributed by atoms with E-state index < -0.39 is 0 Å². The van der Waals surface area contributed by atoms with Crippen molar-refractivity contribution >= 4 is 65.6 Å². The summed E-state index contributed by atoms with van der Waals surface area (Å²) < 4.78 is 8.59. The number of furan rings is 1. The summed E-state index contributed by atoms with van der Waals surface area (Å²) in [6.45, 7) is 0. The zero-order valence-electron chi connectivity index (χ0n) is 17.7. The number of H-pyrrole nitrogens is 1. The second-order valence-electron chi connectivity index (χ2n) is 8.65. The number of fused-ring (bicyclic) bond motifs is 10. The second-order valence-corrected chi connectivity index (χ2v) is 8.65. The summed E-state index contributed by atoms with van der Waals surface area (Å²) in [5.41, 5.74) is 7.70. The molecule has 0 aliphatic heterocycles.